The van der Waals surface area contributed by atoms with E-state index >= 15 is 0 Å². The Kier molecular flexibility index (Phi) is 3.87. The van der Waals surface area contributed by atoms with Crippen LogP contribution in [-0.4, -0.2) is 15.4 Å². The lowest BCUT2D eigenvalue weighted by molar-refractivity contribution is 0.334. The zero-order chi connectivity index (χ0) is 5.70. The maximum atomic E-state index is 9.49. The lowest BCUT2D eigenvalue weighted by Gasteiger charge is -1.99. The van der Waals surface area contributed by atoms with Crippen LogP contribution < -0.4 is 0 Å². The molecule has 0 aromatic carbocycles. The Morgan fingerprint density at radius 1 is 2.00 bits per heavy atom. The van der Waals surface area contributed by atoms with Crippen LogP contribution in [0.25, 0.3) is 0 Å². The summed E-state index contributed by atoms with van der Waals surface area (Å²) in [7, 11) is 0. The van der Waals surface area contributed by atoms with Crippen molar-refractivity contribution in [2.75, 3.05) is 6.61 Å². The molecule has 0 aliphatic carbocycles. The van der Waals surface area contributed by atoms with Crippen molar-refractivity contribution in [3.05, 3.63) is 12.7 Å². The molecule has 0 aliphatic heterocycles. The summed E-state index contributed by atoms with van der Waals surface area (Å²) < 4.78 is 23.0. The largest absolute Gasteiger partial charge is 0.750 e. The van der Waals surface area contributed by atoms with Crippen LogP contribution in [-0.2, 0) is 15.5 Å². The van der Waals surface area contributed by atoms with Gasteiger partial charge >= 0.3 is 0 Å². The summed E-state index contributed by atoms with van der Waals surface area (Å²) in [5.41, 5.74) is 0. The Morgan fingerprint density at radius 3 is 2.71 bits per heavy atom. The monoisotopic (exact) mass is 121 g/mol. The lowest BCUT2D eigenvalue weighted by Crippen LogP contribution is -1.93. The van der Waals surface area contributed by atoms with Gasteiger partial charge in [-0.1, -0.05) is 6.08 Å². The standard InChI is InChI=1S/C3H6O3S/c1-2-3-6-7(4)5/h2H,1,3H2,(H,4,5)/p-1. The van der Waals surface area contributed by atoms with Gasteiger partial charge in [0.1, 0.15) is 0 Å². The normalized spacial score (nSPS) is 13.3. The molecule has 3 nitrogen and oxygen atoms in total. The van der Waals surface area contributed by atoms with Gasteiger partial charge in [0.2, 0.25) is 0 Å². The fraction of sp³-hybridized carbons (Fsp3) is 0.333. The second-order valence-electron chi connectivity index (χ2n) is 0.777. The minimum Gasteiger partial charge on any atom is -0.750 e. The summed E-state index contributed by atoms with van der Waals surface area (Å²) in [5.74, 6) is 0. The highest BCUT2D eigenvalue weighted by molar-refractivity contribution is 7.74. The molecule has 0 aromatic heterocycles. The second kappa shape index (κ2) is 3.98. The van der Waals surface area contributed by atoms with Crippen molar-refractivity contribution in [1.29, 1.82) is 0 Å². The first kappa shape index (κ1) is 6.81. The fourth-order valence-electron chi connectivity index (χ4n) is 0.104. The second-order valence-corrected chi connectivity index (χ2v) is 1.42. The maximum absolute atomic E-state index is 9.49. The van der Waals surface area contributed by atoms with Crippen molar-refractivity contribution in [3.63, 3.8) is 0 Å². The molecule has 0 bridgehead atoms. The maximum Gasteiger partial charge on any atom is 0.0845 e. The molecule has 0 amide bonds. The predicted molar refractivity (Wildman–Crippen MR) is 25.1 cm³/mol. The highest BCUT2D eigenvalue weighted by Gasteiger charge is 1.73. The van der Waals surface area contributed by atoms with Crippen molar-refractivity contribution in [1.82, 2.24) is 0 Å². The Balaban J connectivity index is 2.97. The van der Waals surface area contributed by atoms with Crippen LogP contribution in [0.3, 0.4) is 0 Å². The van der Waals surface area contributed by atoms with E-state index in [1.807, 2.05) is 0 Å². The zero-order valence-electron chi connectivity index (χ0n) is 3.62. The van der Waals surface area contributed by atoms with Gasteiger partial charge in [-0.25, -0.2) is 4.21 Å². The average Bonchev–Trinajstić information content (AvgIpc) is 1.61. The third-order valence-corrected chi connectivity index (χ3v) is 0.611. The van der Waals surface area contributed by atoms with Crippen LogP contribution in [0.15, 0.2) is 12.7 Å². The van der Waals surface area contributed by atoms with Gasteiger partial charge < -0.3 is 4.55 Å². The van der Waals surface area contributed by atoms with Crippen LogP contribution in [0.2, 0.25) is 0 Å². The summed E-state index contributed by atoms with van der Waals surface area (Å²) in [6.45, 7) is 3.29. The van der Waals surface area contributed by atoms with Gasteiger partial charge in [0.05, 0.1) is 18.0 Å². The first-order valence-electron chi connectivity index (χ1n) is 1.61. The smallest absolute Gasteiger partial charge is 0.0845 e. The first-order chi connectivity index (χ1) is 3.27. The molecule has 0 radical (unpaired) electrons. The van der Waals surface area contributed by atoms with E-state index in [1.54, 1.807) is 0 Å². The van der Waals surface area contributed by atoms with Gasteiger partial charge in [0, 0.05) is 0 Å². The van der Waals surface area contributed by atoms with E-state index in [0.717, 1.165) is 0 Å². The average molecular weight is 121 g/mol. The van der Waals surface area contributed by atoms with Crippen molar-refractivity contribution in [2.24, 2.45) is 0 Å². The third kappa shape index (κ3) is 5.81. The Bertz CT molecular complexity index is 80.2. The van der Waals surface area contributed by atoms with E-state index < -0.39 is 11.4 Å². The molecule has 42 valence electrons. The molecule has 0 spiro atoms. The van der Waals surface area contributed by atoms with Crippen molar-refractivity contribution in [2.45, 2.75) is 0 Å². The molecule has 1 atom stereocenters. The Labute approximate surface area is 44.5 Å². The SMILES string of the molecule is C=CCOS(=O)[O-]. The summed E-state index contributed by atoms with van der Waals surface area (Å²) in [6.07, 6.45) is 1.36. The lowest BCUT2D eigenvalue weighted by atomic mass is 10.7. The minimum atomic E-state index is -2.39. The summed E-state index contributed by atoms with van der Waals surface area (Å²) >= 11 is -2.39. The molecular weight excluding hydrogens is 116 g/mol. The topological polar surface area (TPSA) is 49.4 Å². The van der Waals surface area contributed by atoms with Crippen LogP contribution in [0.4, 0.5) is 0 Å². The van der Waals surface area contributed by atoms with E-state index in [0.29, 0.717) is 0 Å². The molecule has 4 heteroatoms. The predicted octanol–water partition coefficient (Wildman–Crippen LogP) is -0.0169. The highest BCUT2D eigenvalue weighted by Crippen LogP contribution is 1.75. The van der Waals surface area contributed by atoms with Crippen molar-refractivity contribution >= 4 is 11.4 Å². The van der Waals surface area contributed by atoms with Crippen LogP contribution >= 0.6 is 0 Å². The molecule has 0 fully saturated rings. The molecule has 1 unspecified atom stereocenters. The minimum absolute atomic E-state index is 0.0517. The third-order valence-electron chi connectivity index (χ3n) is 0.282. The van der Waals surface area contributed by atoms with Gasteiger partial charge in [-0.2, -0.15) is 0 Å². The highest BCUT2D eigenvalue weighted by atomic mass is 32.2. The fourth-order valence-corrected chi connectivity index (χ4v) is 0.311. The molecule has 0 heterocycles. The van der Waals surface area contributed by atoms with E-state index in [1.165, 1.54) is 6.08 Å². The molecule has 0 aromatic rings. The van der Waals surface area contributed by atoms with Crippen molar-refractivity contribution in [3.8, 4) is 0 Å². The quantitative estimate of drug-likeness (QED) is 0.389. The van der Waals surface area contributed by atoms with Gasteiger partial charge in [0.25, 0.3) is 0 Å². The summed E-state index contributed by atoms with van der Waals surface area (Å²) in [5, 5.41) is 0. The molecule has 0 saturated carbocycles. The van der Waals surface area contributed by atoms with E-state index in [9.17, 15) is 8.76 Å². The van der Waals surface area contributed by atoms with Crippen LogP contribution in [0, 0.1) is 0 Å². The molecule has 7 heavy (non-hydrogen) atoms. The summed E-state index contributed by atoms with van der Waals surface area (Å²) in [6, 6.07) is 0. The van der Waals surface area contributed by atoms with Crippen molar-refractivity contribution < 1.29 is 12.9 Å². The first-order valence-corrected chi connectivity index (χ1v) is 2.61. The molecule has 0 N–H and O–H groups in total. The van der Waals surface area contributed by atoms with Gasteiger partial charge in [-0.3, -0.25) is 4.18 Å². The van der Waals surface area contributed by atoms with E-state index in [-0.39, 0.29) is 6.61 Å². The number of hydrogen-bond acceptors (Lipinski definition) is 3. The number of hydrogen-bond donors (Lipinski definition) is 0. The van der Waals surface area contributed by atoms with E-state index in [2.05, 4.69) is 10.8 Å². The molecular formula is C3H5O3S-. The Hall–Kier alpha value is -0.190. The van der Waals surface area contributed by atoms with Crippen LogP contribution in [0.5, 0.6) is 0 Å². The summed E-state index contributed by atoms with van der Waals surface area (Å²) in [4.78, 5) is 0. The van der Waals surface area contributed by atoms with E-state index in [4.69, 9.17) is 0 Å². The molecule has 0 aliphatic rings. The molecule has 0 rings (SSSR count). The molecule has 0 saturated heterocycles. The van der Waals surface area contributed by atoms with Gasteiger partial charge in [0.15, 0.2) is 0 Å². The Morgan fingerprint density at radius 2 is 2.57 bits per heavy atom. The number of rotatable bonds is 3. The zero-order valence-corrected chi connectivity index (χ0v) is 4.44. The van der Waals surface area contributed by atoms with Crippen LogP contribution in [0.1, 0.15) is 0 Å². The van der Waals surface area contributed by atoms with Gasteiger partial charge in [-0.05, 0) is 0 Å². The van der Waals surface area contributed by atoms with Gasteiger partial charge in [-0.15, -0.1) is 6.58 Å².